The SMILES string of the molecule is CNC=CC=CC(C)=C(C)C=CC=[NH+]C. The molecule has 0 bridgehead atoms. The molecule has 0 saturated heterocycles. The summed E-state index contributed by atoms with van der Waals surface area (Å²) in [7, 11) is 3.77. The molecular formula is C13H21N2+. The van der Waals surface area contributed by atoms with Gasteiger partial charge in [0.25, 0.3) is 0 Å². The minimum absolute atomic E-state index is 1.26. The average Bonchev–Trinajstić information content (AvgIpc) is 2.24. The summed E-state index contributed by atoms with van der Waals surface area (Å²) < 4.78 is 0. The van der Waals surface area contributed by atoms with E-state index in [9.17, 15) is 0 Å². The van der Waals surface area contributed by atoms with Crippen LogP contribution >= 0.6 is 0 Å². The van der Waals surface area contributed by atoms with Crippen LogP contribution in [0, 0.1) is 0 Å². The van der Waals surface area contributed by atoms with Crippen LogP contribution in [0.1, 0.15) is 13.8 Å². The first kappa shape index (κ1) is 13.4. The molecule has 0 aromatic heterocycles. The fourth-order valence-electron chi connectivity index (χ4n) is 0.903. The van der Waals surface area contributed by atoms with E-state index < -0.39 is 0 Å². The van der Waals surface area contributed by atoms with Crippen molar-refractivity contribution >= 4 is 6.21 Å². The molecule has 0 aromatic rings. The van der Waals surface area contributed by atoms with Gasteiger partial charge in [-0.25, -0.2) is 0 Å². The smallest absolute Gasteiger partial charge is 0.161 e. The maximum atomic E-state index is 2.95. The van der Waals surface area contributed by atoms with Crippen molar-refractivity contribution in [3.8, 4) is 0 Å². The number of hydrogen-bond donors (Lipinski definition) is 2. The lowest BCUT2D eigenvalue weighted by molar-refractivity contribution is -0.413. The molecule has 0 rings (SSSR count). The quantitative estimate of drug-likeness (QED) is 0.507. The van der Waals surface area contributed by atoms with Gasteiger partial charge in [-0.1, -0.05) is 18.2 Å². The summed E-state index contributed by atoms with van der Waals surface area (Å²) in [4.78, 5) is 2.95. The topological polar surface area (TPSA) is 26.0 Å². The molecule has 0 atom stereocenters. The normalized spacial score (nSPS) is 14.7. The fraction of sp³-hybridized carbons (Fsp3) is 0.308. The van der Waals surface area contributed by atoms with Crippen LogP contribution in [0.5, 0.6) is 0 Å². The Morgan fingerprint density at radius 1 is 1.00 bits per heavy atom. The first-order chi connectivity index (χ1) is 7.22. The van der Waals surface area contributed by atoms with Crippen molar-refractivity contribution in [2.45, 2.75) is 13.8 Å². The Hall–Kier alpha value is -1.57. The van der Waals surface area contributed by atoms with Crippen molar-refractivity contribution < 1.29 is 4.99 Å². The molecule has 0 saturated carbocycles. The Kier molecular flexibility index (Phi) is 8.06. The molecule has 0 aliphatic carbocycles. The Bertz CT molecular complexity index is 304. The largest absolute Gasteiger partial charge is 0.394 e. The number of rotatable bonds is 5. The van der Waals surface area contributed by atoms with Gasteiger partial charge in [-0.15, -0.1) is 0 Å². The molecule has 0 unspecified atom stereocenters. The first-order valence-corrected chi connectivity index (χ1v) is 5.07. The highest BCUT2D eigenvalue weighted by Crippen LogP contribution is 2.05. The van der Waals surface area contributed by atoms with Gasteiger partial charge in [0.1, 0.15) is 7.05 Å². The third kappa shape index (κ3) is 7.50. The molecule has 0 spiro atoms. The second-order valence-corrected chi connectivity index (χ2v) is 3.19. The van der Waals surface area contributed by atoms with E-state index in [0.717, 1.165) is 0 Å². The predicted molar refractivity (Wildman–Crippen MR) is 67.8 cm³/mol. The summed E-state index contributed by atoms with van der Waals surface area (Å²) in [6.45, 7) is 4.20. The number of hydrogen-bond acceptors (Lipinski definition) is 1. The van der Waals surface area contributed by atoms with Crippen molar-refractivity contribution in [1.82, 2.24) is 5.32 Å². The van der Waals surface area contributed by atoms with Gasteiger partial charge in [-0.2, -0.15) is 0 Å². The zero-order chi connectivity index (χ0) is 11.5. The Labute approximate surface area is 92.8 Å². The van der Waals surface area contributed by atoms with Crippen molar-refractivity contribution in [1.29, 1.82) is 0 Å². The van der Waals surface area contributed by atoms with Gasteiger partial charge in [-0.05, 0) is 37.3 Å². The van der Waals surface area contributed by atoms with E-state index in [1.165, 1.54) is 11.1 Å². The highest BCUT2D eigenvalue weighted by Gasteiger charge is 1.86. The van der Waals surface area contributed by atoms with Crippen molar-refractivity contribution in [2.24, 2.45) is 0 Å². The Morgan fingerprint density at radius 3 is 2.13 bits per heavy atom. The third-order valence-corrected chi connectivity index (χ3v) is 1.95. The van der Waals surface area contributed by atoms with E-state index >= 15 is 0 Å². The highest BCUT2D eigenvalue weighted by atomic mass is 14.8. The van der Waals surface area contributed by atoms with Crippen molar-refractivity contribution in [2.75, 3.05) is 14.1 Å². The fourth-order valence-corrected chi connectivity index (χ4v) is 0.903. The molecule has 2 heteroatoms. The van der Waals surface area contributed by atoms with Gasteiger partial charge in [-0.3, -0.25) is 4.99 Å². The molecule has 82 valence electrons. The summed E-state index contributed by atoms with van der Waals surface area (Å²) in [6.07, 6.45) is 14.0. The summed E-state index contributed by atoms with van der Waals surface area (Å²) in [5.74, 6) is 0. The lowest BCUT2D eigenvalue weighted by atomic mass is 10.1. The molecule has 0 aliphatic heterocycles. The van der Waals surface area contributed by atoms with Gasteiger partial charge in [0, 0.05) is 13.1 Å². The lowest BCUT2D eigenvalue weighted by Gasteiger charge is -1.95. The highest BCUT2D eigenvalue weighted by molar-refractivity contribution is 5.66. The standard InChI is InChI=1S/C13H20N2/c1-12(8-5-6-10-14-3)13(2)9-7-11-15-4/h5-11,14H,1-4H3/p+1. The van der Waals surface area contributed by atoms with Crippen LogP contribution in [-0.4, -0.2) is 20.3 Å². The van der Waals surface area contributed by atoms with Crippen LogP contribution in [0.2, 0.25) is 0 Å². The van der Waals surface area contributed by atoms with Crippen LogP contribution in [0.15, 0.2) is 47.7 Å². The van der Waals surface area contributed by atoms with Gasteiger partial charge in [0.15, 0.2) is 6.21 Å². The van der Waals surface area contributed by atoms with Crippen LogP contribution < -0.4 is 10.3 Å². The second-order valence-electron chi connectivity index (χ2n) is 3.19. The third-order valence-electron chi connectivity index (χ3n) is 1.95. The number of nitrogens with one attached hydrogen (secondary N) is 2. The summed E-state index contributed by atoms with van der Waals surface area (Å²) in [5.41, 5.74) is 2.52. The summed E-state index contributed by atoms with van der Waals surface area (Å²) in [6, 6.07) is 0. The van der Waals surface area contributed by atoms with E-state index in [2.05, 4.69) is 36.3 Å². The van der Waals surface area contributed by atoms with Crippen LogP contribution in [-0.2, 0) is 0 Å². The Balaban J connectivity index is 4.37. The van der Waals surface area contributed by atoms with Crippen molar-refractivity contribution in [3.63, 3.8) is 0 Å². The summed E-state index contributed by atoms with van der Waals surface area (Å²) >= 11 is 0. The van der Waals surface area contributed by atoms with Gasteiger partial charge < -0.3 is 5.32 Å². The summed E-state index contributed by atoms with van der Waals surface area (Å²) in [5, 5.41) is 2.94. The zero-order valence-electron chi connectivity index (χ0n) is 10.0. The van der Waals surface area contributed by atoms with E-state index in [-0.39, 0.29) is 0 Å². The minimum atomic E-state index is 1.26. The zero-order valence-corrected chi connectivity index (χ0v) is 10.0. The van der Waals surface area contributed by atoms with E-state index in [0.29, 0.717) is 0 Å². The van der Waals surface area contributed by atoms with Gasteiger partial charge in [0.05, 0.1) is 0 Å². The maximum Gasteiger partial charge on any atom is 0.161 e. The van der Waals surface area contributed by atoms with Crippen LogP contribution in [0.4, 0.5) is 0 Å². The molecule has 0 aliphatic rings. The lowest BCUT2D eigenvalue weighted by Crippen LogP contribution is -2.62. The van der Waals surface area contributed by atoms with E-state index in [1.54, 1.807) is 0 Å². The van der Waals surface area contributed by atoms with Gasteiger partial charge in [0.2, 0.25) is 0 Å². The molecular weight excluding hydrogens is 184 g/mol. The van der Waals surface area contributed by atoms with Crippen LogP contribution in [0.25, 0.3) is 0 Å². The molecule has 15 heavy (non-hydrogen) atoms. The van der Waals surface area contributed by atoms with Crippen LogP contribution in [0.3, 0.4) is 0 Å². The average molecular weight is 205 g/mol. The maximum absolute atomic E-state index is 2.95. The molecule has 0 radical (unpaired) electrons. The molecule has 0 aromatic carbocycles. The molecule has 2 N–H and O–H groups in total. The monoisotopic (exact) mass is 205 g/mol. The predicted octanol–water partition coefficient (Wildman–Crippen LogP) is 0.949. The van der Waals surface area contributed by atoms with E-state index in [1.807, 2.05) is 44.7 Å². The molecule has 0 amide bonds. The second kappa shape index (κ2) is 9.00. The molecule has 0 heterocycles. The molecule has 0 fully saturated rings. The first-order valence-electron chi connectivity index (χ1n) is 5.07. The van der Waals surface area contributed by atoms with E-state index in [4.69, 9.17) is 0 Å². The minimum Gasteiger partial charge on any atom is -0.394 e. The van der Waals surface area contributed by atoms with Gasteiger partial charge >= 0.3 is 0 Å². The van der Waals surface area contributed by atoms with Crippen molar-refractivity contribution in [3.05, 3.63) is 47.7 Å². The Morgan fingerprint density at radius 2 is 1.60 bits per heavy atom. The molecule has 2 nitrogen and oxygen atoms in total. The number of allylic oxidation sites excluding steroid dienone is 7.